The summed E-state index contributed by atoms with van der Waals surface area (Å²) < 4.78 is 0. The third-order valence-electron chi connectivity index (χ3n) is 4.82. The molecule has 2 saturated heterocycles. The number of fused-ring (bicyclic) bond motifs is 2. The van der Waals surface area contributed by atoms with Gasteiger partial charge in [-0.15, -0.1) is 8.58 Å². The van der Waals surface area contributed by atoms with Crippen LogP contribution in [0.2, 0.25) is 0 Å². The van der Waals surface area contributed by atoms with Crippen molar-refractivity contribution in [3.05, 3.63) is 23.9 Å². The van der Waals surface area contributed by atoms with Gasteiger partial charge >= 0.3 is 0 Å². The Labute approximate surface area is 120 Å². The van der Waals surface area contributed by atoms with Crippen molar-refractivity contribution in [3.63, 3.8) is 0 Å². The minimum Gasteiger partial charge on any atom is -0.384 e. The Morgan fingerprint density at radius 1 is 1.35 bits per heavy atom. The van der Waals surface area contributed by atoms with Crippen LogP contribution in [0.15, 0.2) is 18.3 Å². The monoisotopic (exact) mass is 288 g/mol. The predicted octanol–water partition coefficient (Wildman–Crippen LogP) is 2.73. The van der Waals surface area contributed by atoms with Gasteiger partial charge in [-0.3, -0.25) is 4.90 Å². The van der Waals surface area contributed by atoms with Crippen LogP contribution in [0.5, 0.6) is 0 Å². The van der Waals surface area contributed by atoms with E-state index < -0.39 is 0 Å². The molecule has 4 nitrogen and oxygen atoms in total. The van der Waals surface area contributed by atoms with Gasteiger partial charge < -0.3 is 10.7 Å². The van der Waals surface area contributed by atoms with Gasteiger partial charge in [0.1, 0.15) is 5.82 Å². The molecular weight excluding hydrogens is 267 g/mol. The average Bonchev–Trinajstić information content (AvgIpc) is 2.89. The number of nitrogens with two attached hydrogens (primary N) is 1. The molecule has 2 aromatic rings. The molecule has 0 bridgehead atoms. The lowest BCUT2D eigenvalue weighted by Gasteiger charge is -2.42. The minimum atomic E-state index is 0.620. The van der Waals surface area contributed by atoms with Crippen LogP contribution in [-0.4, -0.2) is 39.9 Å². The van der Waals surface area contributed by atoms with E-state index in [0.29, 0.717) is 11.7 Å². The number of H-pyrrole nitrogens is 1. The number of hydrogen-bond acceptors (Lipinski definition) is 3. The number of aromatic amines is 1. The maximum absolute atomic E-state index is 5.86. The highest BCUT2D eigenvalue weighted by Gasteiger charge is 2.31. The molecule has 2 aliphatic heterocycles. The van der Waals surface area contributed by atoms with Crippen molar-refractivity contribution in [1.82, 2.24) is 14.9 Å². The van der Waals surface area contributed by atoms with E-state index in [2.05, 4.69) is 21.1 Å². The van der Waals surface area contributed by atoms with E-state index in [1.165, 1.54) is 43.8 Å². The fraction of sp³-hybridized carbons (Fsp3) is 0.533. The van der Waals surface area contributed by atoms with E-state index in [1.807, 2.05) is 12.1 Å². The van der Waals surface area contributed by atoms with Gasteiger partial charge in [-0.2, -0.15) is 0 Å². The third-order valence-corrected chi connectivity index (χ3v) is 6.09. The molecule has 20 heavy (non-hydrogen) atoms. The summed E-state index contributed by atoms with van der Waals surface area (Å²) in [6.07, 6.45) is 8.83. The van der Waals surface area contributed by atoms with Crippen LogP contribution in [0.25, 0.3) is 11.0 Å². The number of piperidine rings is 1. The maximum Gasteiger partial charge on any atom is 0.124 e. The predicted molar refractivity (Wildman–Crippen MR) is 85.6 cm³/mol. The van der Waals surface area contributed by atoms with Crippen molar-refractivity contribution < 1.29 is 0 Å². The zero-order chi connectivity index (χ0) is 13.5. The molecule has 0 aliphatic carbocycles. The van der Waals surface area contributed by atoms with Crippen LogP contribution >= 0.6 is 8.58 Å². The third kappa shape index (κ3) is 2.11. The number of nitrogens with one attached hydrogen (secondary N) is 1. The number of anilines is 1. The van der Waals surface area contributed by atoms with Crippen LogP contribution in [0.1, 0.15) is 30.7 Å². The van der Waals surface area contributed by atoms with Crippen molar-refractivity contribution in [2.75, 3.05) is 24.7 Å². The largest absolute Gasteiger partial charge is 0.384 e. The minimum absolute atomic E-state index is 0.620. The van der Waals surface area contributed by atoms with Gasteiger partial charge in [-0.25, -0.2) is 4.98 Å². The highest BCUT2D eigenvalue weighted by molar-refractivity contribution is 7.37. The summed E-state index contributed by atoms with van der Waals surface area (Å²) in [5.74, 6) is 1.26. The summed E-state index contributed by atoms with van der Waals surface area (Å²) in [7, 11) is 1.15. The van der Waals surface area contributed by atoms with Gasteiger partial charge in [0.25, 0.3) is 0 Å². The summed E-state index contributed by atoms with van der Waals surface area (Å²) in [6.45, 7) is 1.25. The van der Waals surface area contributed by atoms with Gasteiger partial charge in [-0.05, 0) is 55.6 Å². The second kappa shape index (κ2) is 5.01. The van der Waals surface area contributed by atoms with Crippen LogP contribution in [-0.2, 0) is 0 Å². The summed E-state index contributed by atoms with van der Waals surface area (Å²) in [4.78, 5) is 10.6. The normalized spacial score (nSPS) is 28.8. The molecule has 3 unspecified atom stereocenters. The Balaban J connectivity index is 1.64. The molecule has 0 saturated carbocycles. The van der Waals surface area contributed by atoms with Crippen LogP contribution in [0.3, 0.4) is 0 Å². The molecule has 3 atom stereocenters. The van der Waals surface area contributed by atoms with Crippen molar-refractivity contribution in [2.24, 2.45) is 0 Å². The Morgan fingerprint density at radius 2 is 2.30 bits per heavy atom. The number of aromatic nitrogens is 2. The van der Waals surface area contributed by atoms with Crippen molar-refractivity contribution >= 4 is 25.4 Å². The zero-order valence-electron chi connectivity index (χ0n) is 11.6. The first-order valence-corrected chi connectivity index (χ1v) is 8.91. The first-order chi connectivity index (χ1) is 9.81. The average molecular weight is 288 g/mol. The molecule has 2 aromatic heterocycles. The molecule has 2 aliphatic rings. The molecule has 2 fully saturated rings. The van der Waals surface area contributed by atoms with Crippen molar-refractivity contribution in [2.45, 2.75) is 31.2 Å². The lowest BCUT2D eigenvalue weighted by Crippen LogP contribution is -2.43. The van der Waals surface area contributed by atoms with Gasteiger partial charge in [0, 0.05) is 18.5 Å². The molecule has 0 amide bonds. The van der Waals surface area contributed by atoms with E-state index in [0.717, 1.165) is 25.7 Å². The number of pyridine rings is 1. The SMILES string of the molecule is Nc1ccc2[nH]cc(C3CCN4CPCCC4C3)c2n1. The highest BCUT2D eigenvalue weighted by Crippen LogP contribution is 2.39. The van der Waals surface area contributed by atoms with E-state index in [9.17, 15) is 0 Å². The highest BCUT2D eigenvalue weighted by atomic mass is 31.1. The second-order valence-electron chi connectivity index (χ2n) is 6.01. The van der Waals surface area contributed by atoms with E-state index in [4.69, 9.17) is 5.73 Å². The second-order valence-corrected chi connectivity index (χ2v) is 7.33. The molecule has 106 valence electrons. The Kier molecular flexibility index (Phi) is 3.16. The van der Waals surface area contributed by atoms with E-state index in [-0.39, 0.29) is 0 Å². The molecule has 4 rings (SSSR count). The van der Waals surface area contributed by atoms with Crippen molar-refractivity contribution in [3.8, 4) is 0 Å². The number of rotatable bonds is 1. The summed E-state index contributed by atoms with van der Waals surface area (Å²) in [6, 6.07) is 4.70. The Hall–Kier alpha value is -1.12. The molecular formula is C15H21N4P. The summed E-state index contributed by atoms with van der Waals surface area (Å²) in [5.41, 5.74) is 9.43. The molecule has 0 aromatic carbocycles. The maximum atomic E-state index is 5.86. The van der Waals surface area contributed by atoms with E-state index >= 15 is 0 Å². The lowest BCUT2D eigenvalue weighted by atomic mass is 9.85. The quantitative estimate of drug-likeness (QED) is 0.793. The van der Waals surface area contributed by atoms with Gasteiger partial charge in [0.15, 0.2) is 0 Å². The van der Waals surface area contributed by atoms with E-state index in [1.54, 1.807) is 0 Å². The van der Waals surface area contributed by atoms with Gasteiger partial charge in [-0.1, -0.05) is 0 Å². The molecule has 0 spiro atoms. The standard InChI is InChI=1S/C15H21N4P/c16-14-2-1-13-15(18-14)12(8-17-13)10-3-5-19-9-20-6-4-11(19)7-10/h1-2,8,10-11,17,20H,3-7,9H2,(H2,16,18). The summed E-state index contributed by atoms with van der Waals surface area (Å²) >= 11 is 0. The fourth-order valence-electron chi connectivity index (χ4n) is 3.73. The zero-order valence-corrected chi connectivity index (χ0v) is 12.6. The Morgan fingerprint density at radius 3 is 3.25 bits per heavy atom. The van der Waals surface area contributed by atoms with Crippen LogP contribution in [0, 0.1) is 0 Å². The van der Waals surface area contributed by atoms with Crippen LogP contribution < -0.4 is 5.73 Å². The summed E-state index contributed by atoms with van der Waals surface area (Å²) in [5, 5.41) is 0. The number of hydrogen-bond donors (Lipinski definition) is 2. The number of nitrogen functional groups attached to an aromatic ring is 1. The molecule has 4 heterocycles. The van der Waals surface area contributed by atoms with Crippen LogP contribution in [0.4, 0.5) is 5.82 Å². The lowest BCUT2D eigenvalue weighted by molar-refractivity contribution is 0.150. The Bertz CT molecular complexity index is 623. The smallest absolute Gasteiger partial charge is 0.124 e. The first-order valence-electron chi connectivity index (χ1n) is 7.49. The number of nitrogens with zero attached hydrogens (tertiary/aromatic N) is 2. The molecule has 0 radical (unpaired) electrons. The molecule has 3 N–H and O–H groups in total. The first kappa shape index (κ1) is 12.6. The van der Waals surface area contributed by atoms with Gasteiger partial charge in [0.2, 0.25) is 0 Å². The topological polar surface area (TPSA) is 57.9 Å². The van der Waals surface area contributed by atoms with Crippen molar-refractivity contribution in [1.29, 1.82) is 0 Å². The fourth-order valence-corrected chi connectivity index (χ4v) is 5.13. The van der Waals surface area contributed by atoms with Gasteiger partial charge in [0.05, 0.1) is 11.0 Å². The molecule has 5 heteroatoms.